The van der Waals surface area contributed by atoms with E-state index in [4.69, 9.17) is 0 Å². The van der Waals surface area contributed by atoms with Crippen LogP contribution in [-0.4, -0.2) is 17.2 Å². The highest BCUT2D eigenvalue weighted by Gasteiger charge is 2.41. The van der Waals surface area contributed by atoms with Gasteiger partial charge in [-0.15, -0.1) is 0 Å². The predicted octanol–water partition coefficient (Wildman–Crippen LogP) is 22.8. The Hall–Kier alpha value is -11.0. The zero-order valence-corrected chi connectivity index (χ0v) is 56.5. The molecule has 0 radical (unpaired) electrons. The van der Waals surface area contributed by atoms with E-state index in [-0.39, 0.29) is 10.8 Å². The van der Waals surface area contributed by atoms with Crippen molar-refractivity contribution in [3.63, 3.8) is 0 Å². The van der Waals surface area contributed by atoms with E-state index < -0.39 is 7.12 Å². The maximum absolute atomic E-state index is 9.24. The second-order valence-corrected chi connectivity index (χ2v) is 28.4. The van der Waals surface area contributed by atoms with Gasteiger partial charge in [-0.05, 0) is 216 Å². The minimum Gasteiger partial charge on any atom is -0.423 e. The third-order valence-corrected chi connectivity index (χ3v) is 22.5. The molecule has 14 aromatic carbocycles. The van der Waals surface area contributed by atoms with E-state index in [2.05, 4.69) is 335 Å². The molecule has 0 bridgehead atoms. The molecule has 0 spiro atoms. The van der Waals surface area contributed by atoms with Crippen LogP contribution in [0.5, 0.6) is 0 Å². The zero-order chi connectivity index (χ0) is 66.1. The first-order valence-corrected chi connectivity index (χ1v) is 34.8. The molecule has 6 aliphatic carbocycles. The topological polar surface area (TPSA) is 40.5 Å². The Balaban J connectivity index is 0.000000116. The van der Waals surface area contributed by atoms with E-state index in [0.717, 1.165) is 11.1 Å². The van der Waals surface area contributed by atoms with Gasteiger partial charge in [-0.2, -0.15) is 0 Å². The van der Waals surface area contributed by atoms with Gasteiger partial charge in [0.15, 0.2) is 0 Å². The van der Waals surface area contributed by atoms with E-state index in [1.165, 1.54) is 182 Å². The Morgan fingerprint density at radius 1 is 0.235 bits per heavy atom. The molecule has 0 aromatic heterocycles. The van der Waals surface area contributed by atoms with Crippen molar-refractivity contribution in [1.29, 1.82) is 0 Å². The van der Waals surface area contributed by atoms with Crippen LogP contribution in [0.4, 0.5) is 0 Å². The summed E-state index contributed by atoms with van der Waals surface area (Å²) in [4.78, 5) is 0. The number of allylic oxidation sites excluding steroid dienone is 4. The van der Waals surface area contributed by atoms with E-state index in [0.29, 0.717) is 5.46 Å². The van der Waals surface area contributed by atoms with Crippen LogP contribution in [0.1, 0.15) is 111 Å². The van der Waals surface area contributed by atoms with Gasteiger partial charge in [0.2, 0.25) is 0 Å². The first kappa shape index (κ1) is 59.5. The van der Waals surface area contributed by atoms with Gasteiger partial charge >= 0.3 is 7.12 Å². The predicted molar refractivity (Wildman–Crippen MR) is 416 cm³/mol. The van der Waals surface area contributed by atoms with Gasteiger partial charge in [-0.3, -0.25) is 0 Å². The maximum atomic E-state index is 9.24. The van der Waals surface area contributed by atoms with Crippen LogP contribution in [0, 0.1) is 0 Å². The second-order valence-electron chi connectivity index (χ2n) is 27.6. The second kappa shape index (κ2) is 23.1. The van der Waals surface area contributed by atoms with Crippen molar-refractivity contribution in [2.75, 3.05) is 0 Å². The lowest BCUT2D eigenvalue weighted by Gasteiger charge is -2.22. The van der Waals surface area contributed by atoms with Gasteiger partial charge in [-0.1, -0.05) is 331 Å². The lowest BCUT2D eigenvalue weighted by atomic mass is 9.79. The monoisotopic (exact) mass is 1320 g/mol. The quantitative estimate of drug-likeness (QED) is 0.163. The first-order chi connectivity index (χ1) is 47.9. The average molecular weight is 1320 g/mol. The van der Waals surface area contributed by atoms with Crippen molar-refractivity contribution in [2.45, 2.75) is 38.5 Å². The molecule has 0 heterocycles. The highest BCUT2D eigenvalue weighted by molar-refractivity contribution is 9.15. The minimum atomic E-state index is -1.42. The van der Waals surface area contributed by atoms with Gasteiger partial charge < -0.3 is 10.0 Å². The Kier molecular flexibility index (Phi) is 14.0. The normalized spacial score (nSPS) is 14.7. The number of rotatable bonds is 6. The average Bonchev–Trinajstić information content (AvgIpc) is 1.55. The highest BCUT2D eigenvalue weighted by atomic mass is 79.9. The van der Waals surface area contributed by atoms with Crippen LogP contribution in [0.15, 0.2) is 315 Å². The van der Waals surface area contributed by atoms with Crippen molar-refractivity contribution < 1.29 is 10.0 Å². The standard InChI is InChI=1S/C47H32.C26H15Br.C21H19BO2/c1-47(2)41-21-10-9-15-34(41)35-27-26-32(28-42(35)47)29-22-24-31(25-23-29)43-37-16-5-7-18-39(37)46-44(38-17-6-8-19-40(38)45(43)46)36-20-11-13-30-12-3-4-14-33(30)36;27-26-22-14-6-5-13-21(22)24-23(19-11-3-4-12-20(19)25(24)26)18-15-7-9-16-8-1-2-10-17(16)18;1-21(2)19-6-4-3-5-17(19)18-12-9-15(13-20(18)21)14-7-10-16(11-8-14)22(23)24/h3-28H,1-2H3;1-15H;3-13,23-24H,1-2H3. The number of halogens is 1. The SMILES string of the molecule is BrC1=C2C(=C(c3cccc4ccccc34)c3ccccc32)c2ccccc21.CC1(C)c2ccccc2-c2ccc(-c3ccc(B(O)O)cc3)cc21.CC1(C)c2ccccc2-c2ccc(-c3ccc(C4=C5C(=C(c6cccc7ccccc67)c6ccccc65)c5ccccc54)cc3)cc21. The summed E-state index contributed by atoms with van der Waals surface area (Å²) in [5.41, 5.74) is 39.9. The molecule has 0 atom stereocenters. The highest BCUT2D eigenvalue weighted by Crippen LogP contribution is 2.61. The van der Waals surface area contributed by atoms with E-state index >= 15 is 0 Å². The summed E-state index contributed by atoms with van der Waals surface area (Å²) in [6.07, 6.45) is 0. The molecule has 20 rings (SSSR count). The zero-order valence-electron chi connectivity index (χ0n) is 54.9. The number of benzene rings is 14. The van der Waals surface area contributed by atoms with Crippen LogP contribution < -0.4 is 5.46 Å². The molecule has 464 valence electrons. The first-order valence-electron chi connectivity index (χ1n) is 34.0. The smallest absolute Gasteiger partial charge is 0.423 e. The van der Waals surface area contributed by atoms with Crippen LogP contribution >= 0.6 is 15.9 Å². The van der Waals surface area contributed by atoms with Crippen molar-refractivity contribution in [3.8, 4) is 44.5 Å². The summed E-state index contributed by atoms with van der Waals surface area (Å²) in [6.45, 7) is 9.25. The Morgan fingerprint density at radius 3 is 0.990 bits per heavy atom. The molecule has 0 aliphatic heterocycles. The van der Waals surface area contributed by atoms with Crippen LogP contribution in [0.2, 0.25) is 0 Å². The molecular formula is C94H66BBrO2. The van der Waals surface area contributed by atoms with Crippen molar-refractivity contribution in [1.82, 2.24) is 0 Å². The molecule has 0 amide bonds. The van der Waals surface area contributed by atoms with Gasteiger partial charge in [0.1, 0.15) is 0 Å². The summed E-state index contributed by atoms with van der Waals surface area (Å²) in [6, 6.07) is 114. The lowest BCUT2D eigenvalue weighted by molar-refractivity contribution is 0.426. The minimum absolute atomic E-state index is 0.0107. The summed E-state index contributed by atoms with van der Waals surface area (Å²) in [5, 5.41) is 23.6. The fraction of sp³-hybridized carbons (Fsp3) is 0.0638. The molecule has 14 aromatic rings. The molecule has 2 N–H and O–H groups in total. The van der Waals surface area contributed by atoms with E-state index in [1.54, 1.807) is 12.1 Å². The van der Waals surface area contributed by atoms with Gasteiger partial charge in [0.05, 0.1) is 0 Å². The molecule has 2 nitrogen and oxygen atoms in total. The molecular weight excluding hydrogens is 1250 g/mol. The summed E-state index contributed by atoms with van der Waals surface area (Å²) in [7, 11) is -1.42. The Bertz CT molecular complexity index is 5820. The van der Waals surface area contributed by atoms with Crippen molar-refractivity contribution >= 4 is 93.6 Å². The van der Waals surface area contributed by atoms with E-state index in [1.807, 2.05) is 12.1 Å². The molecule has 0 unspecified atom stereocenters. The lowest BCUT2D eigenvalue weighted by Crippen LogP contribution is -2.29. The van der Waals surface area contributed by atoms with Crippen LogP contribution in [-0.2, 0) is 10.8 Å². The van der Waals surface area contributed by atoms with Gasteiger partial charge in [-0.25, -0.2) is 0 Å². The summed E-state index contributed by atoms with van der Waals surface area (Å²) >= 11 is 3.91. The fourth-order valence-corrected chi connectivity index (χ4v) is 17.7. The molecule has 6 aliphatic rings. The molecule has 0 saturated heterocycles. The number of hydrogen-bond donors (Lipinski definition) is 2. The molecule has 0 fully saturated rings. The van der Waals surface area contributed by atoms with E-state index in [9.17, 15) is 10.0 Å². The fourth-order valence-electron chi connectivity index (χ4n) is 16.9. The third-order valence-electron chi connectivity index (χ3n) is 21.6. The van der Waals surface area contributed by atoms with Crippen LogP contribution in [0.3, 0.4) is 0 Å². The maximum Gasteiger partial charge on any atom is 0.488 e. The molecule has 4 heteroatoms. The molecule has 98 heavy (non-hydrogen) atoms. The van der Waals surface area contributed by atoms with Crippen molar-refractivity contribution in [3.05, 3.63) is 399 Å². The van der Waals surface area contributed by atoms with Crippen molar-refractivity contribution in [2.24, 2.45) is 0 Å². The summed E-state index contributed by atoms with van der Waals surface area (Å²) in [5.74, 6) is 0. The Labute approximate surface area is 581 Å². The third kappa shape index (κ3) is 9.23. The Morgan fingerprint density at radius 2 is 0.531 bits per heavy atom. The largest absolute Gasteiger partial charge is 0.488 e. The number of fused-ring (bicyclic) bond motifs is 18. The summed E-state index contributed by atoms with van der Waals surface area (Å²) < 4.78 is 1.20. The van der Waals surface area contributed by atoms with Gasteiger partial charge in [0, 0.05) is 20.9 Å². The number of hydrogen-bond acceptors (Lipinski definition) is 2. The van der Waals surface area contributed by atoms with Gasteiger partial charge in [0.25, 0.3) is 0 Å². The van der Waals surface area contributed by atoms with Crippen LogP contribution in [0.25, 0.3) is 110 Å². The molecule has 0 saturated carbocycles.